The van der Waals surface area contributed by atoms with Crippen LogP contribution in [0, 0.1) is 5.41 Å². The Hall–Kier alpha value is -3.39. The lowest BCUT2D eigenvalue weighted by Crippen LogP contribution is -2.23. The van der Waals surface area contributed by atoms with Gasteiger partial charge in [0.15, 0.2) is 0 Å². The van der Waals surface area contributed by atoms with Crippen molar-refractivity contribution in [2.24, 2.45) is 0 Å². The molecule has 0 fully saturated rings. The number of aromatic amines is 1. The summed E-state index contributed by atoms with van der Waals surface area (Å²) in [5.74, 6) is 0.417. The summed E-state index contributed by atoms with van der Waals surface area (Å²) in [7, 11) is 0. The van der Waals surface area contributed by atoms with Crippen LogP contribution in [0.3, 0.4) is 0 Å². The van der Waals surface area contributed by atoms with Gasteiger partial charge in [0.1, 0.15) is 5.82 Å². The van der Waals surface area contributed by atoms with E-state index in [4.69, 9.17) is 5.41 Å². The number of H-pyrrole nitrogens is 1. The van der Waals surface area contributed by atoms with E-state index in [1.165, 1.54) is 6.07 Å². The van der Waals surface area contributed by atoms with Crippen LogP contribution in [0.4, 0.5) is 24.7 Å². The number of pyridine rings is 1. The van der Waals surface area contributed by atoms with E-state index in [9.17, 15) is 18.0 Å². The highest BCUT2D eigenvalue weighted by Gasteiger charge is 2.30. The molecule has 5 nitrogen and oxygen atoms in total. The van der Waals surface area contributed by atoms with Crippen molar-refractivity contribution in [3.8, 4) is 0 Å². The number of rotatable bonds is 7. The zero-order valence-electron chi connectivity index (χ0n) is 16.2. The topological polar surface area (TPSA) is 80.8 Å². The summed E-state index contributed by atoms with van der Waals surface area (Å²) in [4.78, 5) is 15.2. The number of hydrogen-bond acceptors (Lipinski definition) is 4. The Kier molecular flexibility index (Phi) is 6.37. The van der Waals surface area contributed by atoms with Gasteiger partial charge in [0, 0.05) is 35.6 Å². The zero-order valence-corrected chi connectivity index (χ0v) is 16.2. The fourth-order valence-electron chi connectivity index (χ4n) is 2.96. The zero-order chi connectivity index (χ0) is 21.7. The standard InChI is InChI=1S/C22H21F3N4O/c1-14(26)19-11-16(21(30)29-20(19)28-18-8-3-2-4-9-18)13-27-12-15-6-5-7-17(10-15)22(23,24)25/h2-11,26-27H,12-13H2,1H3,(H2,28,29,30). The first kappa shape index (κ1) is 21.3. The van der Waals surface area contributed by atoms with E-state index < -0.39 is 11.7 Å². The Balaban J connectivity index is 1.74. The van der Waals surface area contributed by atoms with E-state index in [1.807, 2.05) is 30.3 Å². The third-order valence-electron chi connectivity index (χ3n) is 4.46. The number of hydrogen-bond donors (Lipinski definition) is 4. The van der Waals surface area contributed by atoms with Crippen molar-refractivity contribution in [2.45, 2.75) is 26.2 Å². The van der Waals surface area contributed by atoms with Crippen molar-refractivity contribution in [3.05, 3.63) is 93.3 Å². The number of halogens is 3. The molecule has 0 saturated carbocycles. The van der Waals surface area contributed by atoms with E-state index in [0.717, 1.165) is 17.8 Å². The van der Waals surface area contributed by atoms with Crippen molar-refractivity contribution >= 4 is 17.2 Å². The summed E-state index contributed by atoms with van der Waals surface area (Å²) in [6.45, 7) is 1.94. The Morgan fingerprint density at radius 1 is 1.03 bits per heavy atom. The molecule has 0 aliphatic rings. The predicted octanol–water partition coefficient (Wildman–Crippen LogP) is 4.81. The molecule has 0 aliphatic carbocycles. The predicted molar refractivity (Wildman–Crippen MR) is 111 cm³/mol. The van der Waals surface area contributed by atoms with Gasteiger partial charge >= 0.3 is 6.18 Å². The molecule has 2 aromatic carbocycles. The molecule has 0 atom stereocenters. The molecule has 0 spiro atoms. The molecular formula is C22H21F3N4O. The van der Waals surface area contributed by atoms with Gasteiger partial charge in [0.25, 0.3) is 5.56 Å². The Morgan fingerprint density at radius 3 is 2.43 bits per heavy atom. The molecule has 1 aromatic heterocycles. The second kappa shape index (κ2) is 8.96. The number of aromatic nitrogens is 1. The van der Waals surface area contributed by atoms with Gasteiger partial charge in [-0.05, 0) is 36.8 Å². The van der Waals surface area contributed by atoms with Crippen LogP contribution < -0.4 is 16.2 Å². The van der Waals surface area contributed by atoms with Crippen LogP contribution in [-0.2, 0) is 19.3 Å². The maximum Gasteiger partial charge on any atom is 0.416 e. The smallest absolute Gasteiger partial charge is 0.341 e. The third-order valence-corrected chi connectivity index (χ3v) is 4.46. The van der Waals surface area contributed by atoms with Gasteiger partial charge in [-0.25, -0.2) is 0 Å². The van der Waals surface area contributed by atoms with Crippen LogP contribution in [0.5, 0.6) is 0 Å². The van der Waals surface area contributed by atoms with Crippen LogP contribution in [-0.4, -0.2) is 10.7 Å². The van der Waals surface area contributed by atoms with Crippen molar-refractivity contribution in [2.75, 3.05) is 5.32 Å². The van der Waals surface area contributed by atoms with Crippen LogP contribution in [0.25, 0.3) is 0 Å². The minimum atomic E-state index is -4.40. The fraction of sp³-hybridized carbons (Fsp3) is 0.182. The number of alkyl halides is 3. The highest BCUT2D eigenvalue weighted by molar-refractivity contribution is 6.01. The highest BCUT2D eigenvalue weighted by atomic mass is 19.4. The van der Waals surface area contributed by atoms with Gasteiger partial charge in [-0.2, -0.15) is 13.2 Å². The molecule has 3 aromatic rings. The molecule has 0 radical (unpaired) electrons. The van der Waals surface area contributed by atoms with Gasteiger partial charge in [0.2, 0.25) is 0 Å². The van der Waals surface area contributed by atoms with E-state index >= 15 is 0 Å². The lowest BCUT2D eigenvalue weighted by molar-refractivity contribution is -0.137. The van der Waals surface area contributed by atoms with Crippen LogP contribution in [0.1, 0.15) is 29.2 Å². The van der Waals surface area contributed by atoms with Gasteiger partial charge in [-0.1, -0.05) is 36.4 Å². The molecule has 1 heterocycles. The molecule has 8 heteroatoms. The molecule has 0 saturated heterocycles. The van der Waals surface area contributed by atoms with E-state index in [2.05, 4.69) is 15.6 Å². The normalized spacial score (nSPS) is 11.3. The number of para-hydroxylation sites is 1. The summed E-state index contributed by atoms with van der Waals surface area (Å²) < 4.78 is 38.5. The van der Waals surface area contributed by atoms with Crippen molar-refractivity contribution < 1.29 is 13.2 Å². The number of nitrogens with one attached hydrogen (secondary N) is 4. The van der Waals surface area contributed by atoms with Crippen LogP contribution >= 0.6 is 0 Å². The first-order valence-electron chi connectivity index (χ1n) is 9.24. The lowest BCUT2D eigenvalue weighted by atomic mass is 10.1. The first-order valence-corrected chi connectivity index (χ1v) is 9.24. The monoisotopic (exact) mass is 414 g/mol. The van der Waals surface area contributed by atoms with Gasteiger partial charge < -0.3 is 21.0 Å². The van der Waals surface area contributed by atoms with E-state index in [1.54, 1.807) is 19.1 Å². The maximum absolute atomic E-state index is 12.8. The van der Waals surface area contributed by atoms with Crippen molar-refractivity contribution in [1.82, 2.24) is 10.3 Å². The van der Waals surface area contributed by atoms with Crippen molar-refractivity contribution in [1.29, 1.82) is 5.41 Å². The lowest BCUT2D eigenvalue weighted by Gasteiger charge is -2.13. The van der Waals surface area contributed by atoms with Gasteiger partial charge in [-0.3, -0.25) is 4.79 Å². The number of anilines is 2. The summed E-state index contributed by atoms with van der Waals surface area (Å²) >= 11 is 0. The average molecular weight is 414 g/mol. The quantitative estimate of drug-likeness (QED) is 0.419. The van der Waals surface area contributed by atoms with Gasteiger partial charge in [0.05, 0.1) is 5.56 Å². The van der Waals surface area contributed by atoms with Crippen LogP contribution in [0.15, 0.2) is 65.5 Å². The van der Waals surface area contributed by atoms with Gasteiger partial charge in [-0.15, -0.1) is 0 Å². The Morgan fingerprint density at radius 2 is 1.77 bits per heavy atom. The largest absolute Gasteiger partial charge is 0.416 e. The van der Waals surface area contributed by atoms with Crippen LogP contribution in [0.2, 0.25) is 0 Å². The molecule has 0 bridgehead atoms. The highest BCUT2D eigenvalue weighted by Crippen LogP contribution is 2.29. The third kappa shape index (κ3) is 5.36. The minimum Gasteiger partial charge on any atom is -0.341 e. The van der Waals surface area contributed by atoms with Crippen molar-refractivity contribution in [3.63, 3.8) is 0 Å². The summed E-state index contributed by atoms with van der Waals surface area (Å²) in [5.41, 5.74) is 1.38. The number of benzene rings is 2. The van der Waals surface area contributed by atoms with E-state index in [0.29, 0.717) is 22.5 Å². The Labute approximate surface area is 171 Å². The average Bonchev–Trinajstić information content (AvgIpc) is 2.70. The Bertz CT molecular complexity index is 1090. The summed E-state index contributed by atoms with van der Waals surface area (Å²) in [6, 6.07) is 15.9. The SMILES string of the molecule is CC(=N)c1cc(CNCc2cccc(C(F)(F)F)c2)c(=O)[nH]c1Nc1ccccc1. The molecule has 4 N–H and O–H groups in total. The summed E-state index contributed by atoms with van der Waals surface area (Å²) in [6.07, 6.45) is -4.40. The molecule has 30 heavy (non-hydrogen) atoms. The molecule has 0 aliphatic heterocycles. The molecule has 0 amide bonds. The second-order valence-corrected chi connectivity index (χ2v) is 6.83. The first-order chi connectivity index (χ1) is 14.2. The molecule has 3 rings (SSSR count). The minimum absolute atomic E-state index is 0.150. The maximum atomic E-state index is 12.8. The second-order valence-electron chi connectivity index (χ2n) is 6.83. The summed E-state index contributed by atoms with van der Waals surface area (Å²) in [5, 5.41) is 14.1. The molecule has 0 unspecified atom stereocenters. The molecule has 156 valence electrons. The van der Waals surface area contributed by atoms with E-state index in [-0.39, 0.29) is 24.4 Å². The fourth-order valence-corrected chi connectivity index (χ4v) is 2.96. The molecular weight excluding hydrogens is 393 g/mol.